The Balaban J connectivity index is 1.93. The van der Waals surface area contributed by atoms with Gasteiger partial charge in [-0.2, -0.15) is 13.2 Å². The highest BCUT2D eigenvalue weighted by Crippen LogP contribution is 2.30. The SMILES string of the molecule is Cc1ccc(S(=O)(=O)N(CC(=O)Nc2ccc(C(F)(F)F)cc2)c2ccc(C)cc2C)cc1. The van der Waals surface area contributed by atoms with Crippen LogP contribution in [0.3, 0.4) is 0 Å². The number of hydrogen-bond donors (Lipinski definition) is 1. The van der Waals surface area contributed by atoms with Crippen molar-refractivity contribution < 1.29 is 26.4 Å². The van der Waals surface area contributed by atoms with E-state index in [0.29, 0.717) is 11.3 Å². The van der Waals surface area contributed by atoms with E-state index in [1.54, 1.807) is 37.3 Å². The molecule has 0 aliphatic heterocycles. The number of anilines is 2. The van der Waals surface area contributed by atoms with Crippen LogP contribution in [-0.2, 0) is 21.0 Å². The van der Waals surface area contributed by atoms with Crippen LogP contribution in [0.15, 0.2) is 71.6 Å². The number of alkyl halides is 3. The van der Waals surface area contributed by atoms with Gasteiger partial charge in [-0.15, -0.1) is 0 Å². The average Bonchev–Trinajstić information content (AvgIpc) is 2.72. The van der Waals surface area contributed by atoms with Crippen LogP contribution in [-0.4, -0.2) is 20.9 Å². The molecule has 0 radical (unpaired) electrons. The highest BCUT2D eigenvalue weighted by atomic mass is 32.2. The van der Waals surface area contributed by atoms with E-state index < -0.39 is 34.2 Å². The number of carbonyl (C=O) groups excluding carboxylic acids is 1. The number of aryl methyl sites for hydroxylation is 3. The van der Waals surface area contributed by atoms with E-state index in [1.165, 1.54) is 12.1 Å². The minimum absolute atomic E-state index is 0.0235. The lowest BCUT2D eigenvalue weighted by atomic mass is 10.1. The van der Waals surface area contributed by atoms with Gasteiger partial charge in [-0.3, -0.25) is 9.10 Å². The highest BCUT2D eigenvalue weighted by Gasteiger charge is 2.31. The van der Waals surface area contributed by atoms with Crippen molar-refractivity contribution >= 4 is 27.3 Å². The van der Waals surface area contributed by atoms with Crippen molar-refractivity contribution in [1.29, 1.82) is 0 Å². The van der Waals surface area contributed by atoms with Gasteiger partial charge in [-0.05, 0) is 68.8 Å². The molecule has 5 nitrogen and oxygen atoms in total. The molecule has 3 rings (SSSR count). The van der Waals surface area contributed by atoms with Crippen LogP contribution in [0.5, 0.6) is 0 Å². The minimum atomic E-state index is -4.50. The first-order valence-corrected chi connectivity index (χ1v) is 11.5. The third-order valence-electron chi connectivity index (χ3n) is 5.01. The maximum absolute atomic E-state index is 13.4. The van der Waals surface area contributed by atoms with Gasteiger partial charge in [-0.1, -0.05) is 35.4 Å². The molecule has 0 aromatic heterocycles. The van der Waals surface area contributed by atoms with E-state index in [2.05, 4.69) is 5.32 Å². The molecule has 0 aliphatic carbocycles. The number of halogens is 3. The zero-order chi connectivity index (χ0) is 24.4. The Hall–Kier alpha value is -3.33. The summed E-state index contributed by atoms with van der Waals surface area (Å²) < 4.78 is 66.2. The predicted molar refractivity (Wildman–Crippen MR) is 122 cm³/mol. The van der Waals surface area contributed by atoms with Crippen LogP contribution in [0.25, 0.3) is 0 Å². The molecule has 0 unspecified atom stereocenters. The Morgan fingerprint density at radius 1 is 0.879 bits per heavy atom. The van der Waals surface area contributed by atoms with Gasteiger partial charge in [-0.25, -0.2) is 8.42 Å². The minimum Gasteiger partial charge on any atom is -0.325 e. The van der Waals surface area contributed by atoms with Crippen LogP contribution in [0.4, 0.5) is 24.5 Å². The molecule has 33 heavy (non-hydrogen) atoms. The molecule has 1 N–H and O–H groups in total. The Labute approximate surface area is 190 Å². The van der Waals surface area contributed by atoms with Crippen LogP contribution < -0.4 is 9.62 Å². The molecule has 0 saturated heterocycles. The lowest BCUT2D eigenvalue weighted by molar-refractivity contribution is -0.137. The number of hydrogen-bond acceptors (Lipinski definition) is 3. The van der Waals surface area contributed by atoms with E-state index in [0.717, 1.165) is 39.7 Å². The molecular formula is C24H23F3N2O3S. The molecule has 174 valence electrons. The molecule has 1 amide bonds. The Morgan fingerprint density at radius 2 is 1.45 bits per heavy atom. The number of rotatable bonds is 6. The summed E-state index contributed by atoms with van der Waals surface area (Å²) in [6, 6.07) is 15.4. The van der Waals surface area contributed by atoms with Crippen LogP contribution in [0, 0.1) is 20.8 Å². The lowest BCUT2D eigenvalue weighted by Crippen LogP contribution is -2.38. The molecule has 0 saturated carbocycles. The second-order valence-corrected chi connectivity index (χ2v) is 9.60. The number of sulfonamides is 1. The molecule has 3 aromatic carbocycles. The van der Waals surface area contributed by atoms with E-state index in [4.69, 9.17) is 0 Å². The second-order valence-electron chi connectivity index (χ2n) is 7.74. The number of carbonyl (C=O) groups is 1. The Bertz CT molecular complexity index is 1250. The van der Waals surface area contributed by atoms with Gasteiger partial charge in [0.05, 0.1) is 16.1 Å². The standard InChI is InChI=1S/C24H23F3N2O3S/c1-16-4-11-21(12-5-16)33(31,32)29(22-13-6-17(2)14-18(22)3)15-23(30)28-20-9-7-19(8-10-20)24(25,26)27/h4-14H,15H2,1-3H3,(H,28,30). The summed E-state index contributed by atoms with van der Waals surface area (Å²) in [5.41, 5.74) is 2.09. The number of nitrogens with one attached hydrogen (secondary N) is 1. The van der Waals surface area contributed by atoms with Crippen LogP contribution in [0.1, 0.15) is 22.3 Å². The average molecular weight is 477 g/mol. The van der Waals surface area contributed by atoms with E-state index >= 15 is 0 Å². The fraction of sp³-hybridized carbons (Fsp3) is 0.208. The van der Waals surface area contributed by atoms with Crippen molar-refractivity contribution in [3.05, 3.63) is 89.0 Å². The molecule has 0 fully saturated rings. The van der Waals surface area contributed by atoms with Gasteiger partial charge in [0.2, 0.25) is 5.91 Å². The normalized spacial score (nSPS) is 11.8. The molecule has 9 heteroatoms. The van der Waals surface area contributed by atoms with Gasteiger partial charge in [0.1, 0.15) is 6.54 Å². The Kier molecular flexibility index (Phi) is 6.83. The summed E-state index contributed by atoms with van der Waals surface area (Å²) in [5.74, 6) is -0.689. The molecule has 3 aromatic rings. The first kappa shape index (κ1) is 24.3. The third-order valence-corrected chi connectivity index (χ3v) is 6.79. The molecule has 0 bridgehead atoms. The van der Waals surface area contributed by atoms with Gasteiger partial charge in [0.25, 0.3) is 10.0 Å². The van der Waals surface area contributed by atoms with E-state index in [-0.39, 0.29) is 10.6 Å². The molecular weight excluding hydrogens is 453 g/mol. The Morgan fingerprint density at radius 3 is 2.00 bits per heavy atom. The zero-order valence-corrected chi connectivity index (χ0v) is 19.1. The van der Waals surface area contributed by atoms with Gasteiger partial charge in [0.15, 0.2) is 0 Å². The predicted octanol–water partition coefficient (Wildman–Crippen LogP) is 5.46. The summed E-state index contributed by atoms with van der Waals surface area (Å²) in [7, 11) is -4.10. The van der Waals surface area contributed by atoms with Gasteiger partial charge in [0, 0.05) is 5.69 Å². The molecule has 0 aliphatic rings. The smallest absolute Gasteiger partial charge is 0.325 e. The summed E-state index contributed by atoms with van der Waals surface area (Å²) in [4.78, 5) is 12.8. The summed E-state index contributed by atoms with van der Waals surface area (Å²) in [6.07, 6.45) is -4.50. The van der Waals surface area contributed by atoms with E-state index in [1.807, 2.05) is 13.8 Å². The quantitative estimate of drug-likeness (QED) is 0.514. The number of nitrogens with zero attached hydrogens (tertiary/aromatic N) is 1. The van der Waals surface area contributed by atoms with Crippen molar-refractivity contribution in [3.63, 3.8) is 0 Å². The number of benzene rings is 3. The molecule has 0 heterocycles. The van der Waals surface area contributed by atoms with Crippen molar-refractivity contribution in [1.82, 2.24) is 0 Å². The van der Waals surface area contributed by atoms with Crippen molar-refractivity contribution in [2.75, 3.05) is 16.2 Å². The second kappa shape index (κ2) is 9.27. The maximum Gasteiger partial charge on any atom is 0.416 e. The molecule has 0 spiro atoms. The van der Waals surface area contributed by atoms with E-state index in [9.17, 15) is 26.4 Å². The summed E-state index contributed by atoms with van der Waals surface area (Å²) in [5, 5.41) is 2.47. The maximum atomic E-state index is 13.4. The first-order chi connectivity index (χ1) is 15.4. The van der Waals surface area contributed by atoms with Crippen LogP contribution in [0.2, 0.25) is 0 Å². The lowest BCUT2D eigenvalue weighted by Gasteiger charge is -2.26. The monoisotopic (exact) mass is 476 g/mol. The fourth-order valence-electron chi connectivity index (χ4n) is 3.30. The summed E-state index contributed by atoms with van der Waals surface area (Å²) >= 11 is 0. The summed E-state index contributed by atoms with van der Waals surface area (Å²) in [6.45, 7) is 4.89. The fourth-order valence-corrected chi connectivity index (χ4v) is 4.78. The van der Waals surface area contributed by atoms with Gasteiger partial charge >= 0.3 is 6.18 Å². The van der Waals surface area contributed by atoms with Crippen molar-refractivity contribution in [3.8, 4) is 0 Å². The van der Waals surface area contributed by atoms with Gasteiger partial charge < -0.3 is 5.32 Å². The zero-order valence-electron chi connectivity index (χ0n) is 18.3. The first-order valence-electron chi connectivity index (χ1n) is 10.0. The topological polar surface area (TPSA) is 66.5 Å². The largest absolute Gasteiger partial charge is 0.416 e. The highest BCUT2D eigenvalue weighted by molar-refractivity contribution is 7.92. The molecule has 0 atom stereocenters. The van der Waals surface area contributed by atoms with Crippen molar-refractivity contribution in [2.45, 2.75) is 31.8 Å². The van der Waals surface area contributed by atoms with Crippen molar-refractivity contribution in [2.24, 2.45) is 0 Å². The third kappa shape index (κ3) is 5.73. The number of amides is 1. The van der Waals surface area contributed by atoms with Crippen LogP contribution >= 0.6 is 0 Å².